The van der Waals surface area contributed by atoms with Crippen LogP contribution in [0.4, 0.5) is 14.7 Å². The molecule has 6 nitrogen and oxygen atoms in total. The number of hydrogen-bond acceptors (Lipinski definition) is 4. The largest absolute Gasteiger partial charge is 0.477 e. The topological polar surface area (TPSA) is 80.0 Å². The van der Waals surface area contributed by atoms with E-state index in [2.05, 4.69) is 15.4 Å². The van der Waals surface area contributed by atoms with Crippen molar-refractivity contribution >= 4 is 11.9 Å². The smallest absolute Gasteiger partial charge is 0.352 e. The number of carbonyl (C=O) groups is 1. The number of halogens is 2. The Kier molecular flexibility index (Phi) is 2.93. The number of benzene rings is 1. The molecule has 1 aliphatic rings. The van der Waals surface area contributed by atoms with Crippen LogP contribution in [0.25, 0.3) is 0 Å². The van der Waals surface area contributed by atoms with E-state index in [1.165, 1.54) is 16.8 Å². The van der Waals surface area contributed by atoms with Crippen molar-refractivity contribution in [3.05, 3.63) is 53.0 Å². The number of nitrogens with one attached hydrogen (secondary N) is 1. The normalized spacial score (nSPS) is 16.9. The van der Waals surface area contributed by atoms with E-state index < -0.39 is 23.6 Å². The molecule has 1 aromatic carbocycles. The number of fused-ring (bicyclic) bond motifs is 1. The molecule has 21 heavy (non-hydrogen) atoms. The van der Waals surface area contributed by atoms with Crippen molar-refractivity contribution in [2.75, 3.05) is 5.32 Å². The summed E-state index contributed by atoms with van der Waals surface area (Å²) in [6, 6.07) is 2.71. The second-order valence-corrected chi connectivity index (χ2v) is 4.56. The van der Waals surface area contributed by atoms with Gasteiger partial charge < -0.3 is 10.4 Å². The summed E-state index contributed by atoms with van der Waals surface area (Å²) in [6.07, 6.45) is 1.37. The van der Waals surface area contributed by atoms with E-state index in [9.17, 15) is 13.6 Å². The van der Waals surface area contributed by atoms with Crippen molar-refractivity contribution in [3.8, 4) is 0 Å². The molecule has 2 aromatic rings. The molecule has 0 aliphatic carbocycles. The lowest BCUT2D eigenvalue weighted by Crippen LogP contribution is -2.24. The summed E-state index contributed by atoms with van der Waals surface area (Å²) in [6.45, 7) is 1.65. The fourth-order valence-corrected chi connectivity index (χ4v) is 2.16. The summed E-state index contributed by atoms with van der Waals surface area (Å²) in [4.78, 5) is 15.2. The average Bonchev–Trinajstić information content (AvgIpc) is 2.80. The monoisotopic (exact) mass is 292 g/mol. The van der Waals surface area contributed by atoms with E-state index in [0.29, 0.717) is 11.4 Å². The van der Waals surface area contributed by atoms with Crippen LogP contribution in [0.2, 0.25) is 0 Å². The lowest BCUT2D eigenvalue weighted by atomic mass is 10.0. The molecule has 1 atom stereocenters. The standard InChI is InChI=1S/C13H10F2N4O2/c1-6-16-13-17-10(12(20)21)5-11(19(13)18-6)7-2-3-8(14)9(15)4-7/h2-5,11H,1H3,(H,20,21)(H,16,17,18). The van der Waals surface area contributed by atoms with Gasteiger partial charge in [0.15, 0.2) is 11.6 Å². The number of aliphatic carboxylic acids is 1. The average molecular weight is 292 g/mol. The van der Waals surface area contributed by atoms with Crippen molar-refractivity contribution in [2.24, 2.45) is 0 Å². The van der Waals surface area contributed by atoms with Gasteiger partial charge in [-0.1, -0.05) is 6.07 Å². The van der Waals surface area contributed by atoms with E-state index in [4.69, 9.17) is 5.11 Å². The van der Waals surface area contributed by atoms with Gasteiger partial charge in [0, 0.05) is 0 Å². The van der Waals surface area contributed by atoms with Gasteiger partial charge in [-0.25, -0.2) is 18.3 Å². The van der Waals surface area contributed by atoms with Gasteiger partial charge in [0.1, 0.15) is 17.6 Å². The quantitative estimate of drug-likeness (QED) is 0.883. The zero-order chi connectivity index (χ0) is 15.1. The molecule has 1 aromatic heterocycles. The minimum absolute atomic E-state index is 0.0929. The molecule has 0 fully saturated rings. The molecule has 1 aliphatic heterocycles. The van der Waals surface area contributed by atoms with Crippen molar-refractivity contribution in [1.29, 1.82) is 0 Å². The summed E-state index contributed by atoms with van der Waals surface area (Å²) in [5.74, 6) is -2.47. The Morgan fingerprint density at radius 1 is 1.38 bits per heavy atom. The highest BCUT2D eigenvalue weighted by molar-refractivity contribution is 5.90. The number of carboxylic acid groups (broad SMARTS) is 1. The summed E-state index contributed by atoms with van der Waals surface area (Å²) in [5.41, 5.74) is 0.282. The Labute approximate surface area is 117 Å². The van der Waals surface area contributed by atoms with Gasteiger partial charge in [-0.3, -0.25) is 0 Å². The molecule has 0 radical (unpaired) electrons. The van der Waals surface area contributed by atoms with Crippen LogP contribution >= 0.6 is 0 Å². The minimum atomic E-state index is -1.17. The fourth-order valence-electron chi connectivity index (χ4n) is 2.16. The van der Waals surface area contributed by atoms with Crippen LogP contribution in [-0.2, 0) is 4.79 Å². The molecule has 2 N–H and O–H groups in total. The highest BCUT2D eigenvalue weighted by Gasteiger charge is 2.27. The highest BCUT2D eigenvalue weighted by atomic mass is 19.2. The molecule has 1 unspecified atom stereocenters. The molecule has 3 rings (SSSR count). The first-order valence-electron chi connectivity index (χ1n) is 6.06. The zero-order valence-electron chi connectivity index (χ0n) is 10.8. The van der Waals surface area contributed by atoms with Crippen LogP contribution in [0.5, 0.6) is 0 Å². The summed E-state index contributed by atoms with van der Waals surface area (Å²) in [5, 5.41) is 15.9. The fraction of sp³-hybridized carbons (Fsp3) is 0.154. The van der Waals surface area contributed by atoms with Gasteiger partial charge >= 0.3 is 5.97 Å². The maximum atomic E-state index is 13.4. The Morgan fingerprint density at radius 2 is 2.14 bits per heavy atom. The molecule has 0 amide bonds. The Bertz CT molecular complexity index is 770. The Balaban J connectivity index is 2.14. The second kappa shape index (κ2) is 4.65. The van der Waals surface area contributed by atoms with Crippen molar-refractivity contribution in [3.63, 3.8) is 0 Å². The summed E-state index contributed by atoms with van der Waals surface area (Å²) >= 11 is 0. The molecular formula is C13H10F2N4O2. The zero-order valence-corrected chi connectivity index (χ0v) is 10.8. The molecule has 0 spiro atoms. The molecule has 0 bridgehead atoms. The third-order valence-corrected chi connectivity index (χ3v) is 3.09. The van der Waals surface area contributed by atoms with Gasteiger partial charge in [-0.05, 0) is 30.7 Å². The molecule has 2 heterocycles. The van der Waals surface area contributed by atoms with E-state index in [-0.39, 0.29) is 11.6 Å². The molecule has 108 valence electrons. The van der Waals surface area contributed by atoms with Crippen LogP contribution in [0, 0.1) is 18.6 Å². The van der Waals surface area contributed by atoms with Crippen LogP contribution in [0.1, 0.15) is 17.4 Å². The third-order valence-electron chi connectivity index (χ3n) is 3.09. The number of allylic oxidation sites excluding steroid dienone is 1. The van der Waals surface area contributed by atoms with Crippen molar-refractivity contribution in [1.82, 2.24) is 14.8 Å². The van der Waals surface area contributed by atoms with Crippen molar-refractivity contribution < 1.29 is 18.7 Å². The first kappa shape index (κ1) is 13.2. The third kappa shape index (κ3) is 2.24. The van der Waals surface area contributed by atoms with E-state index in [1.807, 2.05) is 0 Å². The predicted molar refractivity (Wildman–Crippen MR) is 68.6 cm³/mol. The van der Waals surface area contributed by atoms with Crippen molar-refractivity contribution in [2.45, 2.75) is 13.0 Å². The lowest BCUT2D eigenvalue weighted by Gasteiger charge is -2.22. The van der Waals surface area contributed by atoms with Crippen LogP contribution in [-0.4, -0.2) is 25.8 Å². The van der Waals surface area contributed by atoms with E-state index >= 15 is 0 Å². The minimum Gasteiger partial charge on any atom is -0.477 e. The summed E-state index contributed by atoms with van der Waals surface area (Å²) in [7, 11) is 0. The Hall–Kier alpha value is -2.77. The number of aryl methyl sites for hydroxylation is 1. The van der Waals surface area contributed by atoms with Gasteiger partial charge in [-0.2, -0.15) is 10.1 Å². The van der Waals surface area contributed by atoms with Gasteiger partial charge in [-0.15, -0.1) is 0 Å². The molecule has 8 heteroatoms. The van der Waals surface area contributed by atoms with Crippen LogP contribution < -0.4 is 5.32 Å². The van der Waals surface area contributed by atoms with Gasteiger partial charge in [0.2, 0.25) is 5.95 Å². The van der Waals surface area contributed by atoms with Crippen LogP contribution in [0.3, 0.4) is 0 Å². The maximum Gasteiger partial charge on any atom is 0.352 e. The summed E-state index contributed by atoms with van der Waals surface area (Å²) < 4.78 is 27.9. The number of anilines is 1. The predicted octanol–water partition coefficient (Wildman–Crippen LogP) is 1.85. The number of rotatable bonds is 2. The molecular weight excluding hydrogens is 282 g/mol. The van der Waals surface area contributed by atoms with Crippen LogP contribution in [0.15, 0.2) is 30.0 Å². The SMILES string of the molecule is Cc1nc2n(n1)C(c1ccc(F)c(F)c1)C=C(C(=O)O)N2. The number of carboxylic acids is 1. The van der Waals surface area contributed by atoms with E-state index in [0.717, 1.165) is 12.1 Å². The van der Waals surface area contributed by atoms with Gasteiger partial charge in [0.05, 0.1) is 0 Å². The van der Waals surface area contributed by atoms with Gasteiger partial charge in [0.25, 0.3) is 0 Å². The van der Waals surface area contributed by atoms with E-state index in [1.54, 1.807) is 6.92 Å². The molecule has 0 saturated heterocycles. The number of nitrogens with zero attached hydrogens (tertiary/aromatic N) is 3. The highest BCUT2D eigenvalue weighted by Crippen LogP contribution is 2.29. The Morgan fingerprint density at radius 3 is 2.81 bits per heavy atom. The molecule has 0 saturated carbocycles. The number of aromatic nitrogens is 3. The first-order chi connectivity index (χ1) is 9.95. The lowest BCUT2D eigenvalue weighted by molar-refractivity contribution is -0.132. The second-order valence-electron chi connectivity index (χ2n) is 4.56. The first-order valence-corrected chi connectivity index (χ1v) is 6.06. The number of hydrogen-bond donors (Lipinski definition) is 2. The maximum absolute atomic E-state index is 13.4.